The molecule has 0 radical (unpaired) electrons. The lowest BCUT2D eigenvalue weighted by molar-refractivity contribution is 0.0528. The molecule has 0 aromatic heterocycles. The van der Waals surface area contributed by atoms with Crippen LogP contribution >= 0.6 is 8.58 Å². The molecule has 0 aromatic rings. The zero-order valence-electron chi connectivity index (χ0n) is 10.7. The van der Waals surface area contributed by atoms with E-state index in [1.807, 2.05) is 0 Å². The van der Waals surface area contributed by atoms with Gasteiger partial charge >= 0.3 is 0 Å². The standard InChI is InChI=1S/C15H25P/c1-3-4-5-6-7-11-8-12(9-11)13-10(2)14-15(13)16-14/h3-4,10-16H,5-9H2,1-2H3/b4-3-. The molecule has 3 rings (SSSR count). The Hall–Kier alpha value is 0.170. The lowest BCUT2D eigenvalue weighted by atomic mass is 9.58. The number of hydrogen-bond donors (Lipinski definition) is 0. The summed E-state index contributed by atoms with van der Waals surface area (Å²) in [5.74, 6) is 4.54. The monoisotopic (exact) mass is 236 g/mol. The zero-order valence-corrected chi connectivity index (χ0v) is 11.7. The average Bonchev–Trinajstić information content (AvgIpc) is 2.94. The highest BCUT2D eigenvalue weighted by Gasteiger charge is 2.62. The van der Waals surface area contributed by atoms with Gasteiger partial charge in [0.05, 0.1) is 0 Å². The lowest BCUT2D eigenvalue weighted by Crippen LogP contribution is -2.44. The molecule has 0 bridgehead atoms. The first-order valence-electron chi connectivity index (χ1n) is 7.18. The Morgan fingerprint density at radius 2 is 2.06 bits per heavy atom. The van der Waals surface area contributed by atoms with Crippen molar-refractivity contribution in [1.82, 2.24) is 0 Å². The minimum absolute atomic E-state index is 1.10. The summed E-state index contributed by atoms with van der Waals surface area (Å²) >= 11 is 0. The lowest BCUT2D eigenvalue weighted by Gasteiger charge is -2.47. The summed E-state index contributed by atoms with van der Waals surface area (Å²) in [4.78, 5) is 0. The molecule has 2 saturated carbocycles. The smallest absolute Gasteiger partial charge is 0.0132 e. The molecule has 90 valence electrons. The van der Waals surface area contributed by atoms with Gasteiger partial charge in [-0.25, -0.2) is 0 Å². The van der Waals surface area contributed by atoms with Gasteiger partial charge in [0.15, 0.2) is 0 Å². The largest absolute Gasteiger partial charge is 0.114 e. The Kier molecular flexibility index (Phi) is 3.13. The predicted molar refractivity (Wildman–Crippen MR) is 73.4 cm³/mol. The Morgan fingerprint density at radius 1 is 1.25 bits per heavy atom. The minimum atomic E-state index is 1.10. The van der Waals surface area contributed by atoms with Gasteiger partial charge in [-0.1, -0.05) is 25.5 Å². The van der Waals surface area contributed by atoms with Crippen molar-refractivity contribution in [3.8, 4) is 0 Å². The summed E-state index contributed by atoms with van der Waals surface area (Å²) in [6.45, 7) is 4.65. The van der Waals surface area contributed by atoms with Gasteiger partial charge in [0.1, 0.15) is 0 Å². The summed E-state index contributed by atoms with van der Waals surface area (Å²) in [5, 5.41) is 0. The second kappa shape index (κ2) is 4.45. The van der Waals surface area contributed by atoms with Crippen molar-refractivity contribution in [3.63, 3.8) is 0 Å². The van der Waals surface area contributed by atoms with E-state index in [2.05, 4.69) is 26.0 Å². The fourth-order valence-corrected chi connectivity index (χ4v) is 6.35. The molecule has 1 aliphatic heterocycles. The van der Waals surface area contributed by atoms with Gasteiger partial charge in [-0.2, -0.15) is 0 Å². The highest BCUT2D eigenvalue weighted by Crippen LogP contribution is 2.72. The van der Waals surface area contributed by atoms with Crippen LogP contribution in [0.2, 0.25) is 0 Å². The van der Waals surface area contributed by atoms with Crippen LogP contribution in [0.3, 0.4) is 0 Å². The second-order valence-corrected chi connectivity index (χ2v) is 7.92. The molecule has 1 saturated heterocycles. The molecule has 2 aliphatic carbocycles. The maximum Gasteiger partial charge on any atom is -0.0132 e. The highest BCUT2D eigenvalue weighted by molar-refractivity contribution is 7.49. The average molecular weight is 236 g/mol. The van der Waals surface area contributed by atoms with E-state index >= 15 is 0 Å². The van der Waals surface area contributed by atoms with Gasteiger partial charge in [0.25, 0.3) is 0 Å². The van der Waals surface area contributed by atoms with E-state index in [4.69, 9.17) is 0 Å². The summed E-state index contributed by atoms with van der Waals surface area (Å²) in [5.41, 5.74) is 2.43. The summed E-state index contributed by atoms with van der Waals surface area (Å²) in [7, 11) is 1.37. The molecule has 1 heteroatoms. The Labute approximate surface area is 102 Å². The first-order chi connectivity index (χ1) is 7.81. The van der Waals surface area contributed by atoms with Crippen LogP contribution in [0.15, 0.2) is 12.2 Å². The topological polar surface area (TPSA) is 0 Å². The Morgan fingerprint density at radius 3 is 2.69 bits per heavy atom. The van der Waals surface area contributed by atoms with Gasteiger partial charge in [0.2, 0.25) is 0 Å². The fourth-order valence-electron chi connectivity index (χ4n) is 4.17. The number of hydrogen-bond acceptors (Lipinski definition) is 0. The highest BCUT2D eigenvalue weighted by atomic mass is 31.1. The third-order valence-corrected chi connectivity index (χ3v) is 7.30. The van der Waals surface area contributed by atoms with Crippen LogP contribution in [0.5, 0.6) is 0 Å². The third kappa shape index (κ3) is 1.88. The number of unbranched alkanes of at least 4 members (excludes halogenated alkanes) is 1. The van der Waals surface area contributed by atoms with Crippen LogP contribution < -0.4 is 0 Å². The van der Waals surface area contributed by atoms with Gasteiger partial charge in [-0.05, 0) is 67.6 Å². The number of allylic oxidation sites excluding steroid dienone is 2. The molecule has 0 spiro atoms. The summed E-state index contributed by atoms with van der Waals surface area (Å²) < 4.78 is 0. The number of rotatable bonds is 5. The van der Waals surface area contributed by atoms with Crippen LogP contribution in [0.1, 0.15) is 46.0 Å². The van der Waals surface area contributed by atoms with Crippen LogP contribution in [0.4, 0.5) is 0 Å². The van der Waals surface area contributed by atoms with Crippen molar-refractivity contribution in [2.75, 3.05) is 0 Å². The number of fused-ring (bicyclic) bond motifs is 1. The Balaban J connectivity index is 1.33. The van der Waals surface area contributed by atoms with E-state index in [-0.39, 0.29) is 0 Å². The van der Waals surface area contributed by atoms with Crippen molar-refractivity contribution in [2.45, 2.75) is 57.3 Å². The van der Waals surface area contributed by atoms with E-state index in [1.54, 1.807) is 12.8 Å². The van der Waals surface area contributed by atoms with Crippen LogP contribution in [-0.4, -0.2) is 11.3 Å². The molecule has 5 atom stereocenters. The second-order valence-electron chi connectivity index (χ2n) is 6.25. The maximum absolute atomic E-state index is 2.52. The van der Waals surface area contributed by atoms with Crippen molar-refractivity contribution in [1.29, 1.82) is 0 Å². The molecule has 3 aliphatic rings. The van der Waals surface area contributed by atoms with Crippen LogP contribution in [0, 0.1) is 23.7 Å². The zero-order chi connectivity index (χ0) is 11.1. The van der Waals surface area contributed by atoms with Crippen LogP contribution in [0.25, 0.3) is 0 Å². The van der Waals surface area contributed by atoms with Crippen LogP contribution in [-0.2, 0) is 0 Å². The van der Waals surface area contributed by atoms with E-state index in [0.717, 1.165) is 17.8 Å². The predicted octanol–water partition coefficient (Wildman–Crippen LogP) is 4.45. The first kappa shape index (κ1) is 11.3. The molecule has 0 N–H and O–H groups in total. The van der Waals surface area contributed by atoms with Gasteiger partial charge in [0, 0.05) is 0 Å². The molecule has 0 nitrogen and oxygen atoms in total. The van der Waals surface area contributed by atoms with Crippen molar-refractivity contribution in [2.24, 2.45) is 23.7 Å². The van der Waals surface area contributed by atoms with Gasteiger partial charge in [-0.15, -0.1) is 8.58 Å². The summed E-state index contributed by atoms with van der Waals surface area (Å²) in [6.07, 6.45) is 11.9. The molecular weight excluding hydrogens is 211 g/mol. The van der Waals surface area contributed by atoms with E-state index in [1.165, 1.54) is 45.1 Å². The Bertz CT molecular complexity index is 277. The molecule has 5 unspecified atom stereocenters. The normalized spacial score (nSPS) is 51.1. The van der Waals surface area contributed by atoms with E-state index in [0.29, 0.717) is 0 Å². The third-order valence-electron chi connectivity index (χ3n) is 5.29. The van der Waals surface area contributed by atoms with Gasteiger partial charge in [-0.3, -0.25) is 0 Å². The molecule has 3 fully saturated rings. The van der Waals surface area contributed by atoms with Crippen molar-refractivity contribution < 1.29 is 0 Å². The van der Waals surface area contributed by atoms with Crippen molar-refractivity contribution in [3.05, 3.63) is 12.2 Å². The summed E-state index contributed by atoms with van der Waals surface area (Å²) in [6, 6.07) is 0. The van der Waals surface area contributed by atoms with E-state index < -0.39 is 0 Å². The van der Waals surface area contributed by atoms with Crippen molar-refractivity contribution >= 4 is 8.58 Å². The quantitative estimate of drug-likeness (QED) is 0.376. The fraction of sp³-hybridized carbons (Fsp3) is 0.867. The van der Waals surface area contributed by atoms with Gasteiger partial charge < -0.3 is 0 Å². The molecule has 16 heavy (non-hydrogen) atoms. The van der Waals surface area contributed by atoms with E-state index in [9.17, 15) is 0 Å². The maximum atomic E-state index is 2.52. The minimum Gasteiger partial charge on any atom is -0.114 e. The molecule has 0 amide bonds. The molecule has 0 aromatic carbocycles. The SMILES string of the molecule is C/C=C\CCCC1CC(C2C(C)C3PC32)C1. The molecular formula is C15H25P. The first-order valence-corrected chi connectivity index (χ1v) is 8.34. The molecule has 1 heterocycles.